The summed E-state index contributed by atoms with van der Waals surface area (Å²) in [5.41, 5.74) is 3.64. The second kappa shape index (κ2) is 9.43. The van der Waals surface area contributed by atoms with E-state index in [2.05, 4.69) is 0 Å². The summed E-state index contributed by atoms with van der Waals surface area (Å²) in [5, 5.41) is 21.6. The molecule has 1 fully saturated rings. The van der Waals surface area contributed by atoms with Crippen LogP contribution >= 0.6 is 0 Å². The van der Waals surface area contributed by atoms with Crippen molar-refractivity contribution in [3.8, 4) is 11.5 Å². The van der Waals surface area contributed by atoms with Crippen molar-refractivity contribution in [3.63, 3.8) is 0 Å². The quantitative estimate of drug-likeness (QED) is 0.308. The molecule has 0 aromatic heterocycles. The second-order valence-corrected chi connectivity index (χ2v) is 8.39. The third-order valence-electron chi connectivity index (χ3n) is 5.98. The number of benzene rings is 3. The first kappa shape index (κ1) is 23.1. The van der Waals surface area contributed by atoms with Crippen molar-refractivity contribution in [2.24, 2.45) is 0 Å². The molecular formula is C28H27NO5. The monoisotopic (exact) mass is 457 g/mol. The molecule has 174 valence electrons. The van der Waals surface area contributed by atoms with Gasteiger partial charge in [0.2, 0.25) is 0 Å². The number of hydrogen-bond donors (Lipinski definition) is 2. The maximum absolute atomic E-state index is 13.3. The normalized spacial score (nSPS) is 17.3. The third-order valence-corrected chi connectivity index (χ3v) is 5.98. The van der Waals surface area contributed by atoms with Crippen molar-refractivity contribution in [1.29, 1.82) is 0 Å². The summed E-state index contributed by atoms with van der Waals surface area (Å²) < 4.78 is 5.54. The Morgan fingerprint density at radius 3 is 2.44 bits per heavy atom. The van der Waals surface area contributed by atoms with Crippen molar-refractivity contribution < 1.29 is 24.5 Å². The summed E-state index contributed by atoms with van der Waals surface area (Å²) in [5.74, 6) is -1.44. The van der Waals surface area contributed by atoms with E-state index in [4.69, 9.17) is 4.74 Å². The van der Waals surface area contributed by atoms with Gasteiger partial charge in [0.15, 0.2) is 11.5 Å². The zero-order valence-corrected chi connectivity index (χ0v) is 19.4. The molecule has 0 aliphatic carbocycles. The van der Waals surface area contributed by atoms with Gasteiger partial charge in [-0.1, -0.05) is 54.1 Å². The Kier molecular flexibility index (Phi) is 6.41. The van der Waals surface area contributed by atoms with Gasteiger partial charge < -0.3 is 19.8 Å². The molecule has 1 unspecified atom stereocenters. The lowest BCUT2D eigenvalue weighted by molar-refractivity contribution is -0.140. The number of ketones is 1. The Morgan fingerprint density at radius 1 is 1.00 bits per heavy atom. The number of phenols is 1. The predicted molar refractivity (Wildman–Crippen MR) is 129 cm³/mol. The number of carbonyl (C=O) groups excluding carboxylic acids is 2. The van der Waals surface area contributed by atoms with E-state index in [1.165, 1.54) is 11.0 Å². The predicted octanol–water partition coefficient (Wildman–Crippen LogP) is 5.03. The second-order valence-electron chi connectivity index (χ2n) is 8.39. The highest BCUT2D eigenvalue weighted by Gasteiger charge is 2.46. The molecule has 1 aliphatic rings. The van der Waals surface area contributed by atoms with E-state index in [9.17, 15) is 19.8 Å². The van der Waals surface area contributed by atoms with Crippen LogP contribution in [0.4, 0.5) is 0 Å². The van der Waals surface area contributed by atoms with Gasteiger partial charge in [-0.2, -0.15) is 0 Å². The average Bonchev–Trinajstić information content (AvgIpc) is 3.07. The van der Waals surface area contributed by atoms with Crippen molar-refractivity contribution in [2.45, 2.75) is 33.4 Å². The van der Waals surface area contributed by atoms with Gasteiger partial charge in [-0.15, -0.1) is 0 Å². The number of carbonyl (C=O) groups is 2. The highest BCUT2D eigenvalue weighted by molar-refractivity contribution is 6.46. The van der Waals surface area contributed by atoms with Crippen LogP contribution in [0, 0.1) is 13.8 Å². The topological polar surface area (TPSA) is 87.1 Å². The molecule has 0 radical (unpaired) electrons. The number of ether oxygens (including phenoxy) is 1. The van der Waals surface area contributed by atoms with Gasteiger partial charge in [0, 0.05) is 12.1 Å². The molecule has 4 rings (SSSR count). The zero-order chi connectivity index (χ0) is 24.4. The highest BCUT2D eigenvalue weighted by atomic mass is 16.5. The zero-order valence-electron chi connectivity index (χ0n) is 19.4. The van der Waals surface area contributed by atoms with E-state index >= 15 is 0 Å². The van der Waals surface area contributed by atoms with Crippen LogP contribution in [0.3, 0.4) is 0 Å². The molecule has 0 saturated carbocycles. The average molecular weight is 458 g/mol. The van der Waals surface area contributed by atoms with Crippen LogP contribution in [0.1, 0.15) is 40.8 Å². The van der Waals surface area contributed by atoms with Crippen molar-refractivity contribution in [1.82, 2.24) is 4.90 Å². The molecule has 6 heteroatoms. The maximum Gasteiger partial charge on any atom is 0.295 e. The van der Waals surface area contributed by atoms with Crippen molar-refractivity contribution in [2.75, 3.05) is 6.61 Å². The third kappa shape index (κ3) is 4.27. The first-order chi connectivity index (χ1) is 16.3. The molecule has 1 aliphatic heterocycles. The molecule has 1 amide bonds. The fourth-order valence-corrected chi connectivity index (χ4v) is 4.28. The molecule has 1 atom stereocenters. The van der Waals surface area contributed by atoms with Crippen LogP contribution in [0.25, 0.3) is 5.76 Å². The number of aliphatic hydroxyl groups is 1. The molecule has 6 nitrogen and oxygen atoms in total. The summed E-state index contributed by atoms with van der Waals surface area (Å²) in [7, 11) is 0. The van der Waals surface area contributed by atoms with Gasteiger partial charge >= 0.3 is 0 Å². The number of likely N-dealkylation sites (tertiary alicyclic amines) is 1. The van der Waals surface area contributed by atoms with Gasteiger partial charge in [0.05, 0.1) is 18.2 Å². The first-order valence-corrected chi connectivity index (χ1v) is 11.2. The Hall–Kier alpha value is -4.06. The lowest BCUT2D eigenvalue weighted by Gasteiger charge is -2.26. The lowest BCUT2D eigenvalue weighted by atomic mass is 9.93. The smallest absolute Gasteiger partial charge is 0.295 e. The standard InChI is InChI=1S/C28H27NO5/c1-4-34-23-15-20(12-13-22(23)30)25-24(26(31)21-14-17(2)10-11-18(21)3)27(32)28(33)29(25)16-19-8-6-5-7-9-19/h5-15,25,30-31H,4,16H2,1-3H3. The van der Waals surface area contributed by atoms with Gasteiger partial charge in [-0.25, -0.2) is 0 Å². The fourth-order valence-electron chi connectivity index (χ4n) is 4.28. The number of phenolic OH excluding ortho intramolecular Hbond substituents is 1. The Balaban J connectivity index is 1.92. The molecule has 1 saturated heterocycles. The van der Waals surface area contributed by atoms with Crippen LogP contribution in [-0.4, -0.2) is 33.4 Å². The van der Waals surface area contributed by atoms with E-state index in [1.54, 1.807) is 25.1 Å². The van der Waals surface area contributed by atoms with Crippen LogP contribution in [-0.2, 0) is 16.1 Å². The van der Waals surface area contributed by atoms with Crippen LogP contribution in [0.2, 0.25) is 0 Å². The lowest BCUT2D eigenvalue weighted by Crippen LogP contribution is -2.29. The number of rotatable bonds is 6. The van der Waals surface area contributed by atoms with Crippen LogP contribution < -0.4 is 4.74 Å². The molecule has 3 aromatic rings. The minimum atomic E-state index is -0.847. The fraction of sp³-hybridized carbons (Fsp3) is 0.214. The summed E-state index contributed by atoms with van der Waals surface area (Å²) in [6, 6.07) is 18.8. The van der Waals surface area contributed by atoms with E-state index in [0.717, 1.165) is 16.7 Å². The number of amides is 1. The summed E-state index contributed by atoms with van der Waals surface area (Å²) in [6.45, 7) is 6.07. The maximum atomic E-state index is 13.3. The van der Waals surface area contributed by atoms with E-state index in [0.29, 0.717) is 17.7 Å². The Morgan fingerprint density at radius 2 is 1.74 bits per heavy atom. The summed E-state index contributed by atoms with van der Waals surface area (Å²) in [4.78, 5) is 28.0. The Bertz CT molecular complexity index is 1280. The number of nitrogens with zero attached hydrogens (tertiary/aromatic N) is 1. The van der Waals surface area contributed by atoms with Gasteiger partial charge in [0.1, 0.15) is 5.76 Å². The number of aliphatic hydroxyl groups excluding tert-OH is 1. The van der Waals surface area contributed by atoms with Gasteiger partial charge in [-0.3, -0.25) is 9.59 Å². The molecule has 0 spiro atoms. The molecular weight excluding hydrogens is 430 g/mol. The molecule has 34 heavy (non-hydrogen) atoms. The number of hydrogen-bond acceptors (Lipinski definition) is 5. The Labute approximate surface area is 198 Å². The van der Waals surface area contributed by atoms with Gasteiger partial charge in [-0.05, 0) is 55.7 Å². The van der Waals surface area contributed by atoms with E-state index in [-0.39, 0.29) is 29.4 Å². The minimum Gasteiger partial charge on any atom is -0.507 e. The van der Waals surface area contributed by atoms with Gasteiger partial charge in [0.25, 0.3) is 11.7 Å². The molecule has 1 heterocycles. The molecule has 3 aromatic carbocycles. The van der Waals surface area contributed by atoms with E-state index in [1.807, 2.05) is 56.3 Å². The van der Waals surface area contributed by atoms with E-state index < -0.39 is 17.7 Å². The first-order valence-electron chi connectivity index (χ1n) is 11.2. The number of aryl methyl sites for hydroxylation is 2. The van der Waals surface area contributed by atoms with Crippen LogP contribution in [0.15, 0.2) is 72.3 Å². The summed E-state index contributed by atoms with van der Waals surface area (Å²) in [6.07, 6.45) is 0. The highest BCUT2D eigenvalue weighted by Crippen LogP contribution is 2.43. The minimum absolute atomic E-state index is 0.0165. The summed E-state index contributed by atoms with van der Waals surface area (Å²) >= 11 is 0. The molecule has 2 N–H and O–H groups in total. The number of Topliss-reactive ketones (excluding diaryl/α,β-unsaturated/α-hetero) is 1. The van der Waals surface area contributed by atoms with Crippen molar-refractivity contribution >= 4 is 17.4 Å². The largest absolute Gasteiger partial charge is 0.507 e. The number of aromatic hydroxyl groups is 1. The molecule has 0 bridgehead atoms. The SMILES string of the molecule is CCOc1cc(C2C(=C(O)c3cc(C)ccc3C)C(=O)C(=O)N2Cc2ccccc2)ccc1O. The van der Waals surface area contributed by atoms with Crippen molar-refractivity contribution in [3.05, 3.63) is 100 Å². The van der Waals surface area contributed by atoms with Crippen LogP contribution in [0.5, 0.6) is 11.5 Å².